The fraction of sp³-hybridized carbons (Fsp3) is 0.667. The van der Waals surface area contributed by atoms with Crippen molar-refractivity contribution in [3.8, 4) is 0 Å². The van der Waals surface area contributed by atoms with E-state index in [2.05, 4.69) is 42.4 Å². The molecule has 1 aromatic rings. The third-order valence-electron chi connectivity index (χ3n) is 5.86. The average Bonchev–Trinajstić information content (AvgIpc) is 3.01. The van der Waals surface area contributed by atoms with Crippen molar-refractivity contribution in [3.05, 3.63) is 34.9 Å². The van der Waals surface area contributed by atoms with Gasteiger partial charge in [-0.15, -0.1) is 0 Å². The summed E-state index contributed by atoms with van der Waals surface area (Å²) in [4.78, 5) is 2.71. The number of rotatable bonds is 2. The molecule has 3 aliphatic rings. The number of benzene rings is 1. The van der Waals surface area contributed by atoms with E-state index >= 15 is 0 Å². The van der Waals surface area contributed by atoms with E-state index in [9.17, 15) is 0 Å². The van der Waals surface area contributed by atoms with Gasteiger partial charge in [0.2, 0.25) is 0 Å². The second-order valence-electron chi connectivity index (χ2n) is 7.19. The first kappa shape index (κ1) is 12.8. The Hall–Kier alpha value is -0.860. The Morgan fingerprint density at radius 1 is 1.10 bits per heavy atom. The highest BCUT2D eigenvalue weighted by molar-refractivity contribution is 5.37. The summed E-state index contributed by atoms with van der Waals surface area (Å²) in [5, 5.41) is 3.77. The number of hydrogen-bond acceptors (Lipinski definition) is 2. The van der Waals surface area contributed by atoms with Gasteiger partial charge >= 0.3 is 0 Å². The van der Waals surface area contributed by atoms with Crippen LogP contribution >= 0.6 is 0 Å². The molecule has 0 radical (unpaired) electrons. The molecule has 2 saturated heterocycles. The first-order chi connectivity index (χ1) is 9.70. The molecule has 2 aliphatic heterocycles. The Morgan fingerprint density at radius 2 is 1.85 bits per heavy atom. The molecule has 1 N–H and O–H groups in total. The lowest BCUT2D eigenvalue weighted by molar-refractivity contribution is 0.124. The van der Waals surface area contributed by atoms with Crippen LogP contribution in [0.3, 0.4) is 0 Å². The maximum atomic E-state index is 3.77. The summed E-state index contributed by atoms with van der Waals surface area (Å²) >= 11 is 0. The van der Waals surface area contributed by atoms with Crippen LogP contribution < -0.4 is 5.32 Å². The van der Waals surface area contributed by atoms with Gasteiger partial charge in [0, 0.05) is 24.2 Å². The van der Waals surface area contributed by atoms with Crippen LogP contribution in [-0.4, -0.2) is 30.1 Å². The fourth-order valence-electron chi connectivity index (χ4n) is 4.74. The zero-order valence-electron chi connectivity index (χ0n) is 12.7. The lowest BCUT2D eigenvalue weighted by Gasteiger charge is -2.39. The smallest absolute Gasteiger partial charge is 0.0354 e. The van der Waals surface area contributed by atoms with Crippen LogP contribution in [0.1, 0.15) is 54.8 Å². The molecule has 0 spiro atoms. The molecule has 0 aromatic heterocycles. The largest absolute Gasteiger partial charge is 0.311 e. The normalized spacial score (nSPS) is 35.5. The van der Waals surface area contributed by atoms with Gasteiger partial charge in [-0.2, -0.15) is 0 Å². The Kier molecular flexibility index (Phi) is 3.12. The number of piperidine rings is 1. The molecule has 2 heterocycles. The summed E-state index contributed by atoms with van der Waals surface area (Å²) < 4.78 is 0. The van der Waals surface area contributed by atoms with Crippen molar-refractivity contribution in [3.63, 3.8) is 0 Å². The molecule has 0 saturated carbocycles. The monoisotopic (exact) mass is 270 g/mol. The minimum Gasteiger partial charge on any atom is -0.311 e. The van der Waals surface area contributed by atoms with Gasteiger partial charge in [0.15, 0.2) is 0 Å². The Morgan fingerprint density at radius 3 is 2.60 bits per heavy atom. The van der Waals surface area contributed by atoms with Crippen molar-refractivity contribution < 1.29 is 0 Å². The van der Waals surface area contributed by atoms with Crippen LogP contribution in [-0.2, 0) is 6.42 Å². The SMILES string of the molecule is Cc1ccc2c(c1)C(N(C)C1CC3CCC(C1)N3)CC2. The van der Waals surface area contributed by atoms with E-state index in [4.69, 9.17) is 0 Å². The van der Waals surface area contributed by atoms with Gasteiger partial charge < -0.3 is 5.32 Å². The molecule has 4 rings (SSSR count). The number of nitrogens with zero attached hydrogens (tertiary/aromatic N) is 1. The third kappa shape index (κ3) is 2.10. The molecule has 3 unspecified atom stereocenters. The van der Waals surface area contributed by atoms with E-state index in [0.717, 1.165) is 18.1 Å². The van der Waals surface area contributed by atoms with Gasteiger partial charge in [-0.1, -0.05) is 23.8 Å². The Labute approximate surface area is 122 Å². The van der Waals surface area contributed by atoms with E-state index in [1.807, 2.05) is 0 Å². The number of fused-ring (bicyclic) bond motifs is 3. The molecule has 1 aromatic carbocycles. The standard InChI is InChI=1S/C18H26N2/c1-12-3-4-13-5-8-18(17(13)9-12)20(2)16-10-14-6-7-15(11-16)19-14/h3-4,9,14-16,18-19H,5-8,10-11H2,1-2H3. The lowest BCUT2D eigenvalue weighted by atomic mass is 9.95. The van der Waals surface area contributed by atoms with Crippen molar-refractivity contribution in [2.24, 2.45) is 0 Å². The summed E-state index contributed by atoms with van der Waals surface area (Å²) in [7, 11) is 2.37. The molecule has 20 heavy (non-hydrogen) atoms. The molecule has 2 bridgehead atoms. The summed E-state index contributed by atoms with van der Waals surface area (Å²) in [6, 6.07) is 10.1. The highest BCUT2D eigenvalue weighted by Crippen LogP contribution is 2.39. The van der Waals surface area contributed by atoms with E-state index in [1.165, 1.54) is 44.1 Å². The molecule has 1 aliphatic carbocycles. The number of nitrogens with one attached hydrogen (secondary N) is 1. The highest BCUT2D eigenvalue weighted by atomic mass is 15.2. The van der Waals surface area contributed by atoms with E-state index < -0.39 is 0 Å². The van der Waals surface area contributed by atoms with Gasteiger partial charge in [0.1, 0.15) is 0 Å². The second-order valence-corrected chi connectivity index (χ2v) is 7.19. The van der Waals surface area contributed by atoms with Crippen LogP contribution in [0.4, 0.5) is 0 Å². The first-order valence-corrected chi connectivity index (χ1v) is 8.28. The van der Waals surface area contributed by atoms with Gasteiger partial charge in [0.25, 0.3) is 0 Å². The molecule has 2 fully saturated rings. The summed E-state index contributed by atoms with van der Waals surface area (Å²) in [5.74, 6) is 0. The van der Waals surface area contributed by atoms with E-state index in [0.29, 0.717) is 6.04 Å². The summed E-state index contributed by atoms with van der Waals surface area (Å²) in [5.41, 5.74) is 4.61. The maximum absolute atomic E-state index is 3.77. The zero-order valence-corrected chi connectivity index (χ0v) is 12.7. The van der Waals surface area contributed by atoms with Gasteiger partial charge in [-0.3, -0.25) is 4.90 Å². The zero-order chi connectivity index (χ0) is 13.7. The van der Waals surface area contributed by atoms with Crippen molar-refractivity contribution in [1.29, 1.82) is 0 Å². The quantitative estimate of drug-likeness (QED) is 0.888. The molecular weight excluding hydrogens is 244 g/mol. The van der Waals surface area contributed by atoms with Crippen LogP contribution in [0, 0.1) is 6.92 Å². The minimum absolute atomic E-state index is 0.660. The molecular formula is C18H26N2. The third-order valence-corrected chi connectivity index (χ3v) is 5.86. The second kappa shape index (κ2) is 4.85. The van der Waals surface area contributed by atoms with Gasteiger partial charge in [-0.05, 0) is 63.6 Å². The minimum atomic E-state index is 0.660. The topological polar surface area (TPSA) is 15.3 Å². The van der Waals surface area contributed by atoms with Crippen LogP contribution in [0.15, 0.2) is 18.2 Å². The Bertz CT molecular complexity index is 498. The Balaban J connectivity index is 1.55. The van der Waals surface area contributed by atoms with E-state index in [-0.39, 0.29) is 0 Å². The number of hydrogen-bond donors (Lipinski definition) is 1. The fourth-order valence-corrected chi connectivity index (χ4v) is 4.74. The lowest BCUT2D eigenvalue weighted by Crippen LogP contribution is -2.47. The molecule has 3 atom stereocenters. The van der Waals surface area contributed by atoms with Gasteiger partial charge in [0.05, 0.1) is 0 Å². The number of aryl methyl sites for hydroxylation is 2. The molecule has 2 nitrogen and oxygen atoms in total. The maximum Gasteiger partial charge on any atom is 0.0354 e. The predicted molar refractivity (Wildman–Crippen MR) is 83.0 cm³/mol. The first-order valence-electron chi connectivity index (χ1n) is 8.28. The van der Waals surface area contributed by atoms with Crippen molar-refractivity contribution >= 4 is 0 Å². The van der Waals surface area contributed by atoms with E-state index in [1.54, 1.807) is 11.1 Å². The van der Waals surface area contributed by atoms with Crippen molar-refractivity contribution in [2.75, 3.05) is 7.05 Å². The van der Waals surface area contributed by atoms with Crippen LogP contribution in [0.5, 0.6) is 0 Å². The summed E-state index contributed by atoms with van der Waals surface area (Å²) in [6.07, 6.45) is 8.08. The molecule has 0 amide bonds. The average molecular weight is 270 g/mol. The molecule has 2 heteroatoms. The van der Waals surface area contributed by atoms with Crippen molar-refractivity contribution in [2.45, 2.75) is 69.6 Å². The van der Waals surface area contributed by atoms with Crippen LogP contribution in [0.2, 0.25) is 0 Å². The molecule has 108 valence electrons. The summed E-state index contributed by atoms with van der Waals surface area (Å²) in [6.45, 7) is 2.22. The predicted octanol–water partition coefficient (Wildman–Crippen LogP) is 3.20. The van der Waals surface area contributed by atoms with Gasteiger partial charge in [-0.25, -0.2) is 0 Å². The van der Waals surface area contributed by atoms with Crippen LogP contribution in [0.25, 0.3) is 0 Å². The highest BCUT2D eigenvalue weighted by Gasteiger charge is 2.38. The van der Waals surface area contributed by atoms with Crippen molar-refractivity contribution in [1.82, 2.24) is 10.2 Å².